The van der Waals surface area contributed by atoms with Crippen molar-refractivity contribution in [3.8, 4) is 0 Å². The highest BCUT2D eigenvalue weighted by molar-refractivity contribution is 6.38. The van der Waals surface area contributed by atoms with Gasteiger partial charge in [-0.05, 0) is 29.7 Å². The van der Waals surface area contributed by atoms with E-state index in [4.69, 9.17) is 23.2 Å². The number of rotatable bonds is 0. The summed E-state index contributed by atoms with van der Waals surface area (Å²) in [5, 5.41) is 1.01. The topological polar surface area (TPSA) is 17.1 Å². The first-order chi connectivity index (χ1) is 8.16. The number of carbonyl (C=O) groups is 1. The molecular formula is C14H8Cl2O. The lowest BCUT2D eigenvalue weighted by atomic mass is 9.85. The van der Waals surface area contributed by atoms with Gasteiger partial charge in [0.25, 0.3) is 0 Å². The Balaban J connectivity index is 2.27. The molecule has 2 aromatic rings. The zero-order valence-corrected chi connectivity index (χ0v) is 10.3. The van der Waals surface area contributed by atoms with E-state index in [0.717, 1.165) is 16.7 Å². The van der Waals surface area contributed by atoms with Crippen molar-refractivity contribution >= 4 is 29.0 Å². The molecule has 0 aromatic heterocycles. The fourth-order valence-electron chi connectivity index (χ4n) is 2.26. The minimum absolute atomic E-state index is 0.0106. The molecule has 1 aliphatic carbocycles. The summed E-state index contributed by atoms with van der Waals surface area (Å²) in [6, 6.07) is 11.0. The fraction of sp³-hybridized carbons (Fsp3) is 0.0714. The van der Waals surface area contributed by atoms with Crippen LogP contribution in [0.4, 0.5) is 0 Å². The Labute approximate surface area is 109 Å². The lowest BCUT2D eigenvalue weighted by Gasteiger charge is -2.19. The maximum absolute atomic E-state index is 12.3. The van der Waals surface area contributed by atoms with Gasteiger partial charge in [-0.15, -0.1) is 0 Å². The number of hydrogen-bond acceptors (Lipinski definition) is 1. The van der Waals surface area contributed by atoms with Gasteiger partial charge in [-0.2, -0.15) is 0 Å². The molecule has 1 nitrogen and oxygen atoms in total. The molecule has 84 valence electrons. The number of fused-ring (bicyclic) bond motifs is 2. The Morgan fingerprint density at radius 3 is 2.59 bits per heavy atom. The molecule has 0 heterocycles. The highest BCUT2D eigenvalue weighted by atomic mass is 35.5. The minimum atomic E-state index is -0.0106. The van der Waals surface area contributed by atoms with Crippen LogP contribution >= 0.6 is 23.2 Å². The molecule has 17 heavy (non-hydrogen) atoms. The van der Waals surface area contributed by atoms with Crippen molar-refractivity contribution in [2.45, 2.75) is 6.42 Å². The minimum Gasteiger partial charge on any atom is -0.289 e. The third-order valence-corrected chi connectivity index (χ3v) is 3.52. The summed E-state index contributed by atoms with van der Waals surface area (Å²) < 4.78 is 0. The van der Waals surface area contributed by atoms with Crippen LogP contribution in [0.1, 0.15) is 27.0 Å². The van der Waals surface area contributed by atoms with Crippen LogP contribution < -0.4 is 0 Å². The maximum atomic E-state index is 12.3. The third-order valence-electron chi connectivity index (χ3n) is 3.01. The maximum Gasteiger partial charge on any atom is 0.195 e. The second kappa shape index (κ2) is 3.86. The van der Waals surface area contributed by atoms with Crippen LogP contribution in [0.3, 0.4) is 0 Å². The normalized spacial score (nSPS) is 13.2. The summed E-state index contributed by atoms with van der Waals surface area (Å²) in [6.45, 7) is 0. The summed E-state index contributed by atoms with van der Waals surface area (Å²) >= 11 is 12.1. The first kappa shape index (κ1) is 10.8. The van der Waals surface area contributed by atoms with E-state index in [1.54, 1.807) is 6.07 Å². The average molecular weight is 263 g/mol. The molecule has 3 heteroatoms. The van der Waals surface area contributed by atoms with Crippen LogP contribution in [0.25, 0.3) is 0 Å². The molecule has 0 N–H and O–H groups in total. The predicted molar refractivity (Wildman–Crippen MR) is 69.1 cm³/mol. The van der Waals surface area contributed by atoms with Crippen LogP contribution in [-0.4, -0.2) is 5.78 Å². The van der Waals surface area contributed by atoms with Gasteiger partial charge in [-0.1, -0.05) is 47.5 Å². The van der Waals surface area contributed by atoms with Crippen molar-refractivity contribution in [2.75, 3.05) is 0 Å². The lowest BCUT2D eigenvalue weighted by molar-refractivity contribution is 0.103. The predicted octanol–water partition coefficient (Wildman–Crippen LogP) is 4.13. The molecule has 0 fully saturated rings. The molecule has 3 rings (SSSR count). The van der Waals surface area contributed by atoms with Gasteiger partial charge in [-0.25, -0.2) is 0 Å². The van der Waals surface area contributed by atoms with E-state index >= 15 is 0 Å². The van der Waals surface area contributed by atoms with Gasteiger partial charge in [0.2, 0.25) is 0 Å². The molecule has 0 amide bonds. The Kier molecular flexibility index (Phi) is 2.46. The number of benzene rings is 2. The Morgan fingerprint density at radius 1 is 1.00 bits per heavy atom. The van der Waals surface area contributed by atoms with E-state index in [9.17, 15) is 4.79 Å². The van der Waals surface area contributed by atoms with Gasteiger partial charge in [0, 0.05) is 16.1 Å². The van der Waals surface area contributed by atoms with Gasteiger partial charge >= 0.3 is 0 Å². The molecule has 0 saturated heterocycles. The summed E-state index contributed by atoms with van der Waals surface area (Å²) in [4.78, 5) is 12.3. The van der Waals surface area contributed by atoms with Crippen LogP contribution in [0.2, 0.25) is 10.0 Å². The highest BCUT2D eigenvalue weighted by Gasteiger charge is 2.25. The quantitative estimate of drug-likeness (QED) is 0.596. The Morgan fingerprint density at radius 2 is 1.76 bits per heavy atom. The van der Waals surface area contributed by atoms with Gasteiger partial charge in [0.15, 0.2) is 5.78 Å². The van der Waals surface area contributed by atoms with Crippen molar-refractivity contribution in [1.82, 2.24) is 0 Å². The molecule has 1 aliphatic rings. The molecule has 0 saturated carbocycles. The number of ketones is 1. The smallest absolute Gasteiger partial charge is 0.195 e. The van der Waals surface area contributed by atoms with E-state index in [1.165, 1.54) is 0 Å². The van der Waals surface area contributed by atoms with Crippen LogP contribution in [0.15, 0.2) is 36.4 Å². The summed E-state index contributed by atoms with van der Waals surface area (Å²) in [6.07, 6.45) is 0.706. The Hall–Kier alpha value is -1.31. The second-order valence-corrected chi connectivity index (χ2v) is 4.93. The summed E-state index contributed by atoms with van der Waals surface area (Å²) in [5.74, 6) is -0.0106. The second-order valence-electron chi connectivity index (χ2n) is 4.08. The van der Waals surface area contributed by atoms with Crippen LogP contribution in [-0.2, 0) is 6.42 Å². The monoisotopic (exact) mass is 262 g/mol. The zero-order chi connectivity index (χ0) is 12.0. The third kappa shape index (κ3) is 1.67. The number of halogens is 2. The van der Waals surface area contributed by atoms with E-state index in [2.05, 4.69) is 0 Å². The number of carbonyl (C=O) groups excluding carboxylic acids is 1. The molecule has 2 aromatic carbocycles. The van der Waals surface area contributed by atoms with Crippen LogP contribution in [0.5, 0.6) is 0 Å². The van der Waals surface area contributed by atoms with E-state index in [-0.39, 0.29) is 5.78 Å². The highest BCUT2D eigenvalue weighted by Crippen LogP contribution is 2.33. The first-order valence-electron chi connectivity index (χ1n) is 5.27. The van der Waals surface area contributed by atoms with Crippen molar-refractivity contribution in [3.63, 3.8) is 0 Å². The SMILES string of the molecule is O=C1c2ccccc2Cc2cc(Cl)cc(Cl)c21. The van der Waals surface area contributed by atoms with Gasteiger partial charge in [-0.3, -0.25) is 4.79 Å². The summed E-state index contributed by atoms with van der Waals surface area (Å²) in [5.41, 5.74) is 3.27. The van der Waals surface area contributed by atoms with Crippen molar-refractivity contribution < 1.29 is 4.79 Å². The largest absolute Gasteiger partial charge is 0.289 e. The standard InChI is InChI=1S/C14H8Cl2O/c15-10-6-9-5-8-3-1-2-4-11(8)14(17)13(9)12(16)7-10/h1-4,6-7H,5H2. The van der Waals surface area contributed by atoms with Crippen molar-refractivity contribution in [2.24, 2.45) is 0 Å². The fourth-order valence-corrected chi connectivity index (χ4v) is 2.88. The molecule has 0 radical (unpaired) electrons. The van der Waals surface area contributed by atoms with Crippen LogP contribution in [0, 0.1) is 0 Å². The van der Waals surface area contributed by atoms with E-state index in [0.29, 0.717) is 22.0 Å². The molecule has 0 atom stereocenters. The van der Waals surface area contributed by atoms with Gasteiger partial charge in [0.05, 0.1) is 5.02 Å². The van der Waals surface area contributed by atoms with E-state index in [1.807, 2.05) is 30.3 Å². The molecule has 0 aliphatic heterocycles. The van der Waals surface area contributed by atoms with E-state index < -0.39 is 0 Å². The average Bonchev–Trinajstić information content (AvgIpc) is 2.28. The zero-order valence-electron chi connectivity index (χ0n) is 8.84. The van der Waals surface area contributed by atoms with Gasteiger partial charge < -0.3 is 0 Å². The number of hydrogen-bond donors (Lipinski definition) is 0. The summed E-state index contributed by atoms with van der Waals surface area (Å²) in [7, 11) is 0. The molecular weight excluding hydrogens is 255 g/mol. The molecule has 0 unspecified atom stereocenters. The lowest BCUT2D eigenvalue weighted by Crippen LogP contribution is -2.15. The first-order valence-corrected chi connectivity index (χ1v) is 6.03. The molecule has 0 bridgehead atoms. The van der Waals surface area contributed by atoms with Crippen molar-refractivity contribution in [1.29, 1.82) is 0 Å². The van der Waals surface area contributed by atoms with Gasteiger partial charge in [0.1, 0.15) is 0 Å². The Bertz CT molecular complexity index is 632. The molecule has 0 spiro atoms. The van der Waals surface area contributed by atoms with Crippen molar-refractivity contribution in [3.05, 3.63) is 68.7 Å².